The maximum absolute atomic E-state index is 12.7. The predicted octanol–water partition coefficient (Wildman–Crippen LogP) is 3.51. The second-order valence-electron chi connectivity index (χ2n) is 6.71. The van der Waals surface area contributed by atoms with Crippen molar-refractivity contribution in [2.45, 2.75) is 19.4 Å². The number of allylic oxidation sites excluding steroid dienone is 1. The zero-order valence-corrected chi connectivity index (χ0v) is 14.6. The molecule has 0 saturated carbocycles. The zero-order valence-electron chi connectivity index (χ0n) is 14.6. The lowest BCUT2D eigenvalue weighted by Crippen LogP contribution is -2.18. The van der Waals surface area contributed by atoms with E-state index in [1.165, 1.54) is 18.2 Å². The molecule has 2 aliphatic heterocycles. The first kappa shape index (κ1) is 17.2. The van der Waals surface area contributed by atoms with Gasteiger partial charge in [0.25, 0.3) is 5.69 Å². The van der Waals surface area contributed by atoms with Gasteiger partial charge in [0, 0.05) is 18.7 Å². The Bertz CT molecular complexity index is 944. The van der Waals surface area contributed by atoms with Gasteiger partial charge in [0.1, 0.15) is 11.5 Å². The molecule has 1 N–H and O–H groups in total. The highest BCUT2D eigenvalue weighted by molar-refractivity contribution is 6.15. The van der Waals surface area contributed by atoms with E-state index in [0.717, 1.165) is 25.9 Å². The summed E-state index contributed by atoms with van der Waals surface area (Å²) >= 11 is 0. The Morgan fingerprint density at radius 1 is 1.15 bits per heavy atom. The highest BCUT2D eigenvalue weighted by Gasteiger charge is 2.32. The van der Waals surface area contributed by atoms with E-state index in [0.29, 0.717) is 29.0 Å². The number of rotatable bonds is 4. The van der Waals surface area contributed by atoms with Crippen LogP contribution >= 0.6 is 0 Å². The third kappa shape index (κ3) is 3.29. The molecule has 4 rings (SSSR count). The minimum Gasteiger partial charge on any atom is -0.507 e. The van der Waals surface area contributed by atoms with Crippen LogP contribution in [0.2, 0.25) is 0 Å². The highest BCUT2D eigenvalue weighted by atomic mass is 16.6. The maximum Gasteiger partial charge on any atom is 0.269 e. The number of Topliss-reactive ketones (excluding diaryl/α,β-unsaturated/α-hetero) is 1. The SMILES string of the molecule is O=C1/C(=C/c2ccc([N+](=O)[O-])cc2)Oc2c1ccc(O)c2CN1CCCC1. The number of nitro benzene ring substituents is 1. The van der Waals surface area contributed by atoms with Gasteiger partial charge in [-0.3, -0.25) is 19.8 Å². The van der Waals surface area contributed by atoms with E-state index in [1.807, 2.05) is 0 Å². The molecule has 0 amide bonds. The number of fused-ring (bicyclic) bond motifs is 1. The van der Waals surface area contributed by atoms with Gasteiger partial charge >= 0.3 is 0 Å². The average molecular weight is 366 g/mol. The first-order valence-electron chi connectivity index (χ1n) is 8.79. The lowest BCUT2D eigenvalue weighted by atomic mass is 10.0. The Kier molecular flexibility index (Phi) is 4.37. The van der Waals surface area contributed by atoms with Gasteiger partial charge in [0.15, 0.2) is 5.76 Å². The van der Waals surface area contributed by atoms with Crippen LogP contribution in [0.5, 0.6) is 11.5 Å². The Morgan fingerprint density at radius 2 is 1.85 bits per heavy atom. The molecule has 27 heavy (non-hydrogen) atoms. The Morgan fingerprint density at radius 3 is 2.52 bits per heavy atom. The van der Waals surface area contributed by atoms with Gasteiger partial charge in [-0.1, -0.05) is 0 Å². The number of hydrogen-bond acceptors (Lipinski definition) is 6. The summed E-state index contributed by atoms with van der Waals surface area (Å²) < 4.78 is 5.81. The fourth-order valence-corrected chi connectivity index (χ4v) is 3.46. The van der Waals surface area contributed by atoms with Crippen molar-refractivity contribution in [2.24, 2.45) is 0 Å². The number of carbonyl (C=O) groups excluding carboxylic acids is 1. The van der Waals surface area contributed by atoms with Gasteiger partial charge < -0.3 is 9.84 Å². The molecule has 7 nitrogen and oxygen atoms in total. The lowest BCUT2D eigenvalue weighted by molar-refractivity contribution is -0.384. The molecule has 0 atom stereocenters. The number of carbonyl (C=O) groups is 1. The number of aromatic hydroxyl groups is 1. The molecule has 2 aliphatic rings. The first-order chi connectivity index (χ1) is 13.0. The third-order valence-electron chi connectivity index (χ3n) is 4.90. The van der Waals surface area contributed by atoms with Crippen molar-refractivity contribution in [2.75, 3.05) is 13.1 Å². The quantitative estimate of drug-likeness (QED) is 0.506. The van der Waals surface area contributed by atoms with Crippen LogP contribution in [0.3, 0.4) is 0 Å². The van der Waals surface area contributed by atoms with E-state index in [9.17, 15) is 20.0 Å². The number of nitrogens with zero attached hydrogens (tertiary/aromatic N) is 2. The van der Waals surface area contributed by atoms with Crippen LogP contribution in [0.1, 0.15) is 34.3 Å². The van der Waals surface area contributed by atoms with Gasteiger partial charge in [-0.15, -0.1) is 0 Å². The molecule has 2 heterocycles. The first-order valence-corrected chi connectivity index (χ1v) is 8.79. The molecule has 0 aromatic heterocycles. The van der Waals surface area contributed by atoms with E-state index in [-0.39, 0.29) is 23.0 Å². The number of ether oxygens (including phenoxy) is 1. The topological polar surface area (TPSA) is 92.9 Å². The Hall–Kier alpha value is -3.19. The average Bonchev–Trinajstić information content (AvgIpc) is 3.27. The fourth-order valence-electron chi connectivity index (χ4n) is 3.46. The summed E-state index contributed by atoms with van der Waals surface area (Å²) in [6.07, 6.45) is 3.81. The van der Waals surface area contributed by atoms with Gasteiger partial charge in [-0.05, 0) is 61.8 Å². The van der Waals surface area contributed by atoms with E-state index in [4.69, 9.17) is 4.74 Å². The van der Waals surface area contributed by atoms with Crippen LogP contribution in [0.25, 0.3) is 6.08 Å². The van der Waals surface area contributed by atoms with Crippen LogP contribution in [0, 0.1) is 10.1 Å². The number of nitro groups is 1. The molecule has 0 aliphatic carbocycles. The third-order valence-corrected chi connectivity index (χ3v) is 4.90. The normalized spacial score (nSPS) is 17.9. The summed E-state index contributed by atoms with van der Waals surface area (Å²) in [6.45, 7) is 2.46. The summed E-state index contributed by atoms with van der Waals surface area (Å²) in [5.41, 5.74) is 1.66. The molecule has 1 fully saturated rings. The number of benzene rings is 2. The van der Waals surface area contributed by atoms with Crippen molar-refractivity contribution in [3.8, 4) is 11.5 Å². The van der Waals surface area contributed by atoms with Crippen LogP contribution in [0.4, 0.5) is 5.69 Å². The monoisotopic (exact) mass is 366 g/mol. The lowest BCUT2D eigenvalue weighted by Gasteiger charge is -2.17. The van der Waals surface area contributed by atoms with Crippen molar-refractivity contribution in [3.63, 3.8) is 0 Å². The molecule has 2 aromatic rings. The van der Waals surface area contributed by atoms with Crippen LogP contribution < -0.4 is 4.74 Å². The summed E-state index contributed by atoms with van der Waals surface area (Å²) in [7, 11) is 0. The van der Waals surface area contributed by atoms with Crippen molar-refractivity contribution < 1.29 is 19.6 Å². The van der Waals surface area contributed by atoms with E-state index >= 15 is 0 Å². The summed E-state index contributed by atoms with van der Waals surface area (Å²) in [5, 5.41) is 21.0. The Labute approximate surface area is 155 Å². The molecule has 0 spiro atoms. The standard InChI is InChI=1S/C20H18N2O5/c23-17-8-7-15-19(24)18(11-13-3-5-14(6-4-13)22(25)26)27-20(15)16(17)12-21-9-1-2-10-21/h3-8,11,23H,1-2,9-10,12H2/b18-11-. The van der Waals surface area contributed by atoms with E-state index in [1.54, 1.807) is 24.3 Å². The van der Waals surface area contributed by atoms with E-state index < -0.39 is 4.92 Å². The van der Waals surface area contributed by atoms with Crippen molar-refractivity contribution >= 4 is 17.5 Å². The zero-order chi connectivity index (χ0) is 19.0. The molecule has 0 unspecified atom stereocenters. The number of non-ortho nitro benzene ring substituents is 1. The second kappa shape index (κ2) is 6.85. The number of hydrogen-bond donors (Lipinski definition) is 1. The minimum atomic E-state index is -0.475. The van der Waals surface area contributed by atoms with Gasteiger partial charge in [-0.25, -0.2) is 0 Å². The number of phenolic OH excluding ortho intramolecular Hbond substituents is 1. The van der Waals surface area contributed by atoms with Gasteiger partial charge in [0.2, 0.25) is 5.78 Å². The smallest absolute Gasteiger partial charge is 0.269 e. The van der Waals surface area contributed by atoms with Gasteiger partial charge in [0.05, 0.1) is 16.1 Å². The summed E-state index contributed by atoms with van der Waals surface area (Å²) in [6, 6.07) is 8.98. The fraction of sp³-hybridized carbons (Fsp3) is 0.250. The molecule has 0 radical (unpaired) electrons. The second-order valence-corrected chi connectivity index (χ2v) is 6.71. The van der Waals surface area contributed by atoms with Crippen molar-refractivity contribution in [1.29, 1.82) is 0 Å². The summed E-state index contributed by atoms with van der Waals surface area (Å²) in [5.74, 6) is 0.406. The molecular formula is C20H18N2O5. The number of phenols is 1. The molecule has 138 valence electrons. The summed E-state index contributed by atoms with van der Waals surface area (Å²) in [4.78, 5) is 25.2. The highest BCUT2D eigenvalue weighted by Crippen LogP contribution is 2.40. The van der Waals surface area contributed by atoms with Crippen molar-refractivity contribution in [1.82, 2.24) is 4.90 Å². The van der Waals surface area contributed by atoms with E-state index in [2.05, 4.69) is 4.90 Å². The molecular weight excluding hydrogens is 348 g/mol. The predicted molar refractivity (Wildman–Crippen MR) is 98.6 cm³/mol. The largest absolute Gasteiger partial charge is 0.507 e. The minimum absolute atomic E-state index is 0.0167. The Balaban J connectivity index is 1.64. The van der Waals surface area contributed by atoms with Crippen LogP contribution in [-0.2, 0) is 6.54 Å². The van der Waals surface area contributed by atoms with Gasteiger partial charge in [-0.2, -0.15) is 0 Å². The van der Waals surface area contributed by atoms with Crippen molar-refractivity contribution in [3.05, 3.63) is 69.0 Å². The van der Waals surface area contributed by atoms with Crippen LogP contribution in [0.15, 0.2) is 42.2 Å². The number of ketones is 1. The molecule has 7 heteroatoms. The maximum atomic E-state index is 12.7. The molecule has 1 saturated heterocycles. The molecule has 2 aromatic carbocycles. The number of likely N-dealkylation sites (tertiary alicyclic amines) is 1. The molecule has 0 bridgehead atoms. The van der Waals surface area contributed by atoms with Crippen LogP contribution in [-0.4, -0.2) is 33.8 Å².